The Kier molecular flexibility index (Phi) is 20.1. The van der Waals surface area contributed by atoms with Gasteiger partial charge in [-0.15, -0.1) is 48.2 Å². The van der Waals surface area contributed by atoms with Crippen LogP contribution in [-0.4, -0.2) is 144 Å². The number of carboxylic acid groups (broad SMARTS) is 1. The number of thiophene rings is 2. The lowest BCUT2D eigenvalue weighted by Crippen LogP contribution is -2.53. The number of hydrogen-bond acceptors (Lipinski definition) is 19. The number of rotatable bonds is 15. The molecular formula is C60H71ClN8O13S2. The third kappa shape index (κ3) is 15.0. The quantitative estimate of drug-likeness (QED) is 0.0490. The highest BCUT2D eigenvalue weighted by molar-refractivity contribution is 7.13. The molecule has 6 heterocycles. The summed E-state index contributed by atoms with van der Waals surface area (Å²) in [5, 5.41) is 16.4. The molecular weight excluding hydrogens is 1140 g/mol. The molecule has 84 heavy (non-hydrogen) atoms. The Bertz CT molecular complexity index is 3370. The molecule has 2 aromatic carbocycles. The first-order valence-electron chi connectivity index (χ1n) is 27.3. The third-order valence-corrected chi connectivity index (χ3v) is 15.5. The fraction of sp³-hybridized carbons (Fsp3) is 0.433. The summed E-state index contributed by atoms with van der Waals surface area (Å²) in [6.45, 7) is 22.1. The Labute approximate surface area is 501 Å². The zero-order valence-electron chi connectivity index (χ0n) is 48.1. The number of fused-ring (bicyclic) bond motifs is 2. The molecule has 4 N–H and O–H groups in total. The van der Waals surface area contributed by atoms with Crippen molar-refractivity contribution in [1.29, 1.82) is 0 Å². The predicted octanol–water partition coefficient (Wildman–Crippen LogP) is 9.81. The van der Waals surface area contributed by atoms with Gasteiger partial charge in [0.05, 0.1) is 58.1 Å². The van der Waals surface area contributed by atoms with Crippen LogP contribution in [0.3, 0.4) is 0 Å². The molecule has 2 saturated heterocycles. The summed E-state index contributed by atoms with van der Waals surface area (Å²) in [6.07, 6.45) is 2.25. The number of esters is 2. The number of para-hydroxylation sites is 4. The van der Waals surface area contributed by atoms with Crippen LogP contribution in [-0.2, 0) is 38.1 Å². The number of halogens is 1. The number of nitrogens with two attached hydrogens (primary N) is 1. The van der Waals surface area contributed by atoms with Gasteiger partial charge in [-0.05, 0) is 115 Å². The number of aliphatic carboxylic acids is 1. The molecule has 4 aromatic heterocycles. The second kappa shape index (κ2) is 26.5. The second-order valence-electron chi connectivity index (χ2n) is 22.3. The van der Waals surface area contributed by atoms with Gasteiger partial charge in [-0.1, -0.05) is 48.6 Å². The molecule has 6 aromatic rings. The minimum Gasteiger partial charge on any atom is -0.480 e. The van der Waals surface area contributed by atoms with E-state index in [4.69, 9.17) is 49.1 Å². The van der Waals surface area contributed by atoms with Crippen LogP contribution in [0.2, 0.25) is 0 Å². The molecule has 2 saturated carbocycles. The van der Waals surface area contributed by atoms with Gasteiger partial charge in [0, 0.05) is 24.7 Å². The smallest absolute Gasteiger partial charge is 0.411 e. The Balaban J connectivity index is 0.000000207. The zero-order chi connectivity index (χ0) is 60.0. The highest BCUT2D eigenvalue weighted by atomic mass is 35.5. The lowest BCUT2D eigenvalue weighted by atomic mass is 10.1. The van der Waals surface area contributed by atoms with Crippen LogP contribution in [0.5, 0.6) is 11.8 Å². The summed E-state index contributed by atoms with van der Waals surface area (Å²) < 4.78 is 33.6. The number of benzene rings is 2. The van der Waals surface area contributed by atoms with E-state index in [1.165, 1.54) is 32.5 Å². The van der Waals surface area contributed by atoms with Gasteiger partial charge in [0.1, 0.15) is 58.0 Å². The monoisotopic (exact) mass is 1210 g/mol. The molecule has 3 amide bonds. The third-order valence-electron chi connectivity index (χ3n) is 13.8. The second-order valence-corrected chi connectivity index (χ2v) is 24.2. The Morgan fingerprint density at radius 3 is 1.46 bits per heavy atom. The fourth-order valence-electron chi connectivity index (χ4n) is 9.55. The molecule has 10 rings (SSSR count). The van der Waals surface area contributed by atoms with Gasteiger partial charge < -0.3 is 44.6 Å². The van der Waals surface area contributed by atoms with Crippen LogP contribution >= 0.6 is 35.1 Å². The number of carbonyl (C=O) groups excluding carboxylic acids is 5. The van der Waals surface area contributed by atoms with Crippen LogP contribution in [0.4, 0.5) is 9.59 Å². The molecule has 2 aliphatic carbocycles. The summed E-state index contributed by atoms with van der Waals surface area (Å²) in [7, 11) is 0. The van der Waals surface area contributed by atoms with Gasteiger partial charge in [0.15, 0.2) is 0 Å². The average molecular weight is 1210 g/mol. The van der Waals surface area contributed by atoms with E-state index in [9.17, 15) is 33.9 Å². The minimum absolute atomic E-state index is 0. The highest BCUT2D eigenvalue weighted by Crippen LogP contribution is 2.46. The van der Waals surface area contributed by atoms with Gasteiger partial charge in [-0.25, -0.2) is 39.1 Å². The van der Waals surface area contributed by atoms with Gasteiger partial charge in [-0.2, -0.15) is 0 Å². The van der Waals surface area contributed by atoms with Gasteiger partial charge >= 0.3 is 30.1 Å². The largest absolute Gasteiger partial charge is 0.480 e. The SMILES string of the molecule is C=C[C@@H]1C[C@]1(N)C(=O)OCC.C=C[C@@H]1C[C@]1(NC(=O)[C@@H]1C[C@@H](Oc2nc3ccccc3nc2-c2cccs2)CN1C(=O)OC(C)(C)C)C(=O)OCC.CC(C)(C)OC(=O)N1C[C@H](Oc2nc3ccccc3nc2-c2cccs2)C[C@H]1C(=O)O.Cl. The average Bonchev–Trinajstić information content (AvgIpc) is 1.83. The lowest BCUT2D eigenvalue weighted by molar-refractivity contribution is -0.149. The molecule has 4 fully saturated rings. The summed E-state index contributed by atoms with van der Waals surface area (Å²) >= 11 is 3.03. The van der Waals surface area contributed by atoms with E-state index in [0.717, 1.165) is 20.8 Å². The Morgan fingerprint density at radius 1 is 0.655 bits per heavy atom. The summed E-state index contributed by atoms with van der Waals surface area (Å²) in [5.74, 6) is -1.90. The van der Waals surface area contributed by atoms with Crippen LogP contribution in [0, 0.1) is 11.8 Å². The molecule has 448 valence electrons. The summed E-state index contributed by atoms with van der Waals surface area (Å²) in [6, 6.07) is 20.7. The van der Waals surface area contributed by atoms with Crippen molar-refractivity contribution in [2.24, 2.45) is 17.6 Å². The van der Waals surface area contributed by atoms with Crippen molar-refractivity contribution in [3.8, 4) is 32.9 Å². The van der Waals surface area contributed by atoms with Gasteiger partial charge in [0.25, 0.3) is 0 Å². The first-order chi connectivity index (χ1) is 39.4. The number of nitrogens with one attached hydrogen (secondary N) is 1. The van der Waals surface area contributed by atoms with Crippen LogP contribution in [0.25, 0.3) is 43.2 Å². The number of ether oxygens (including phenoxy) is 6. The lowest BCUT2D eigenvalue weighted by Gasteiger charge is -2.28. The predicted molar refractivity (Wildman–Crippen MR) is 320 cm³/mol. The van der Waals surface area contributed by atoms with Crippen molar-refractivity contribution >= 4 is 93.1 Å². The summed E-state index contributed by atoms with van der Waals surface area (Å²) in [5.41, 5.74) is 6.23. The summed E-state index contributed by atoms with van der Waals surface area (Å²) in [4.78, 5) is 98.4. The minimum atomic E-state index is -1.19. The van der Waals surface area contributed by atoms with Crippen LogP contribution in [0.1, 0.15) is 81.1 Å². The van der Waals surface area contributed by atoms with E-state index in [2.05, 4.69) is 23.5 Å². The maximum Gasteiger partial charge on any atom is 0.411 e. The number of aromatic nitrogens is 4. The van der Waals surface area contributed by atoms with E-state index in [1.807, 2.05) is 83.6 Å². The molecule has 8 atom stereocenters. The first-order valence-corrected chi connectivity index (χ1v) is 29.0. The molecule has 2 aliphatic heterocycles. The van der Waals surface area contributed by atoms with E-state index in [1.54, 1.807) is 67.5 Å². The number of carbonyl (C=O) groups is 6. The van der Waals surface area contributed by atoms with Gasteiger partial charge in [-0.3, -0.25) is 19.4 Å². The first kappa shape index (κ1) is 63.8. The normalized spacial score (nSPS) is 23.0. The highest BCUT2D eigenvalue weighted by Gasteiger charge is 2.62. The van der Waals surface area contributed by atoms with Crippen molar-refractivity contribution < 1.29 is 62.3 Å². The zero-order valence-corrected chi connectivity index (χ0v) is 50.6. The maximum atomic E-state index is 13.7. The van der Waals surface area contributed by atoms with E-state index >= 15 is 0 Å². The number of amides is 3. The van der Waals surface area contributed by atoms with Crippen molar-refractivity contribution in [2.45, 2.75) is 128 Å². The maximum absolute atomic E-state index is 13.7. The molecule has 0 spiro atoms. The molecule has 0 radical (unpaired) electrons. The molecule has 21 nitrogen and oxygen atoms in total. The van der Waals surface area contributed by atoms with Crippen molar-refractivity contribution in [1.82, 2.24) is 35.1 Å². The number of hydrogen-bond donors (Lipinski definition) is 3. The number of nitrogens with zero attached hydrogens (tertiary/aromatic N) is 6. The van der Waals surface area contributed by atoms with Crippen LogP contribution < -0.4 is 20.5 Å². The number of carboxylic acids is 1. The van der Waals surface area contributed by atoms with E-state index < -0.39 is 76.6 Å². The topological polar surface area (TPSA) is 274 Å². The van der Waals surface area contributed by atoms with Crippen LogP contribution in [0.15, 0.2) is 109 Å². The van der Waals surface area contributed by atoms with E-state index in [-0.39, 0.29) is 62.8 Å². The Hall–Kier alpha value is -7.73. The molecule has 0 unspecified atom stereocenters. The van der Waals surface area contributed by atoms with Crippen molar-refractivity contribution in [2.75, 3.05) is 26.3 Å². The number of likely N-dealkylation sites (tertiary alicyclic amines) is 2. The Morgan fingerprint density at radius 2 is 1.08 bits per heavy atom. The van der Waals surface area contributed by atoms with Gasteiger partial charge in [0.2, 0.25) is 17.7 Å². The molecule has 4 aliphatic rings. The van der Waals surface area contributed by atoms with Crippen molar-refractivity contribution in [3.63, 3.8) is 0 Å². The fourth-order valence-corrected chi connectivity index (χ4v) is 11.0. The standard InChI is InChI=1S/C30H34N4O6S.C22H23N3O5S.C8H13NO2.ClH/c1-6-18-16-30(18,27(36)38-7-2)33-25(35)22-15-19(17-34(22)28(37)40-29(3,4)5)39-26-24(23-13-10-14-41-23)31-20-11-8-9-12-21(20)32-26;1-22(2,3)30-21(28)25-12-13(11-16(25)20(26)27)29-19-18(17-9-6-10-31-17)23-14-7-4-5-8-15(14)24-19;1-3-6-5-8(6,9)7(10)11-4-2;/h6,8-14,18-19,22H,1,7,15-17H2,2-5H3,(H,33,35);4-10,13,16H,11-12H2,1-3H3,(H,26,27);3,6H,1,4-5,9H2,2H3;1H/t18-,19-,22+,30-;13-,16+;6-,8-;/m111./s1. The van der Waals surface area contributed by atoms with Crippen molar-refractivity contribution in [3.05, 3.63) is 109 Å². The molecule has 0 bridgehead atoms. The molecule has 24 heteroatoms. The van der Waals surface area contributed by atoms with E-state index in [0.29, 0.717) is 53.6 Å².